The van der Waals surface area contributed by atoms with E-state index in [2.05, 4.69) is 25.4 Å². The van der Waals surface area contributed by atoms with Gasteiger partial charge in [0.05, 0.1) is 0 Å². The summed E-state index contributed by atoms with van der Waals surface area (Å²) in [7, 11) is 0. The quantitative estimate of drug-likeness (QED) is 0.847. The summed E-state index contributed by atoms with van der Waals surface area (Å²) in [5.41, 5.74) is 0. The van der Waals surface area contributed by atoms with Crippen LogP contribution in [0.15, 0.2) is 16.9 Å². The average Bonchev–Trinajstić information content (AvgIpc) is 3.01. The first-order chi connectivity index (χ1) is 7.93. The SMILES string of the molecule is Cl.c1c[nH]c(-c2noc(C3CCNCC3)n2)n1. The van der Waals surface area contributed by atoms with E-state index in [1.165, 1.54) is 0 Å². The molecular weight excluding hydrogens is 242 g/mol. The van der Waals surface area contributed by atoms with Crippen LogP contribution < -0.4 is 5.32 Å². The lowest BCUT2D eigenvalue weighted by molar-refractivity contribution is 0.320. The third-order valence-corrected chi connectivity index (χ3v) is 2.84. The summed E-state index contributed by atoms with van der Waals surface area (Å²) in [5.74, 6) is 2.31. The predicted molar refractivity (Wildman–Crippen MR) is 64.0 cm³/mol. The van der Waals surface area contributed by atoms with E-state index in [0.29, 0.717) is 17.6 Å². The molecule has 17 heavy (non-hydrogen) atoms. The molecule has 3 heterocycles. The molecule has 6 nitrogen and oxygen atoms in total. The molecule has 0 spiro atoms. The number of nitrogens with zero attached hydrogens (tertiary/aromatic N) is 3. The molecule has 1 saturated heterocycles. The van der Waals surface area contributed by atoms with Crippen molar-refractivity contribution in [3.05, 3.63) is 18.3 Å². The van der Waals surface area contributed by atoms with Crippen LogP contribution in [0.2, 0.25) is 0 Å². The standard InChI is InChI=1S/C10H13N5O.ClH/c1-3-11-4-2-7(1)10-14-9(15-16-10)8-12-5-6-13-8;/h5-7,11H,1-4H2,(H,12,13);1H. The van der Waals surface area contributed by atoms with Crippen molar-refractivity contribution in [2.24, 2.45) is 0 Å². The monoisotopic (exact) mass is 255 g/mol. The summed E-state index contributed by atoms with van der Waals surface area (Å²) < 4.78 is 5.28. The van der Waals surface area contributed by atoms with Gasteiger partial charge >= 0.3 is 0 Å². The first-order valence-corrected chi connectivity index (χ1v) is 5.47. The van der Waals surface area contributed by atoms with Crippen LogP contribution in [-0.2, 0) is 0 Å². The van der Waals surface area contributed by atoms with Crippen LogP contribution in [0.25, 0.3) is 11.6 Å². The Morgan fingerprint density at radius 2 is 2.12 bits per heavy atom. The fourth-order valence-corrected chi connectivity index (χ4v) is 1.95. The van der Waals surface area contributed by atoms with Crippen molar-refractivity contribution in [2.75, 3.05) is 13.1 Å². The van der Waals surface area contributed by atoms with Gasteiger partial charge in [-0.15, -0.1) is 12.4 Å². The van der Waals surface area contributed by atoms with Crippen LogP contribution in [-0.4, -0.2) is 33.2 Å². The number of aromatic amines is 1. The van der Waals surface area contributed by atoms with Crippen LogP contribution in [0, 0.1) is 0 Å². The third kappa shape index (κ3) is 2.48. The van der Waals surface area contributed by atoms with Crippen molar-refractivity contribution in [1.29, 1.82) is 0 Å². The van der Waals surface area contributed by atoms with E-state index in [4.69, 9.17) is 4.52 Å². The minimum Gasteiger partial charge on any atom is -0.342 e. The lowest BCUT2D eigenvalue weighted by Crippen LogP contribution is -2.26. The highest BCUT2D eigenvalue weighted by Gasteiger charge is 2.22. The van der Waals surface area contributed by atoms with Gasteiger partial charge in [-0.1, -0.05) is 5.16 Å². The van der Waals surface area contributed by atoms with Crippen LogP contribution in [0.3, 0.4) is 0 Å². The molecule has 0 aliphatic carbocycles. The number of hydrogen-bond acceptors (Lipinski definition) is 5. The maximum atomic E-state index is 5.28. The van der Waals surface area contributed by atoms with E-state index in [1.807, 2.05) is 0 Å². The van der Waals surface area contributed by atoms with E-state index in [1.54, 1.807) is 12.4 Å². The maximum absolute atomic E-state index is 5.28. The highest BCUT2D eigenvalue weighted by molar-refractivity contribution is 5.85. The summed E-state index contributed by atoms with van der Waals surface area (Å²) >= 11 is 0. The number of nitrogens with one attached hydrogen (secondary N) is 2. The van der Waals surface area contributed by atoms with Gasteiger partial charge in [0.25, 0.3) is 0 Å². The second-order valence-electron chi connectivity index (χ2n) is 3.92. The Labute approximate surface area is 105 Å². The number of imidazole rings is 1. The Bertz CT molecular complexity index is 449. The normalized spacial score (nSPS) is 16.7. The van der Waals surface area contributed by atoms with Crippen molar-refractivity contribution in [2.45, 2.75) is 18.8 Å². The molecule has 0 radical (unpaired) electrons. The molecule has 0 bridgehead atoms. The molecule has 1 aliphatic heterocycles. The molecule has 92 valence electrons. The van der Waals surface area contributed by atoms with Gasteiger partial charge in [0.1, 0.15) is 0 Å². The zero-order valence-electron chi connectivity index (χ0n) is 9.22. The molecule has 1 aliphatic rings. The smallest absolute Gasteiger partial charge is 0.238 e. The molecule has 0 atom stereocenters. The first-order valence-electron chi connectivity index (χ1n) is 5.47. The Kier molecular flexibility index (Phi) is 3.75. The number of piperidine rings is 1. The van der Waals surface area contributed by atoms with Gasteiger partial charge in [-0.2, -0.15) is 4.98 Å². The molecule has 2 aromatic heterocycles. The van der Waals surface area contributed by atoms with Gasteiger partial charge in [0, 0.05) is 18.3 Å². The molecule has 2 N–H and O–H groups in total. The highest BCUT2D eigenvalue weighted by atomic mass is 35.5. The molecule has 2 aromatic rings. The lowest BCUT2D eigenvalue weighted by Gasteiger charge is -2.18. The summed E-state index contributed by atoms with van der Waals surface area (Å²) in [6.07, 6.45) is 5.53. The topological polar surface area (TPSA) is 79.6 Å². The zero-order valence-corrected chi connectivity index (χ0v) is 10.0. The van der Waals surface area contributed by atoms with Crippen molar-refractivity contribution < 1.29 is 4.52 Å². The summed E-state index contributed by atoms with van der Waals surface area (Å²) in [6.45, 7) is 2.03. The van der Waals surface area contributed by atoms with Gasteiger partial charge in [0.2, 0.25) is 11.7 Å². The van der Waals surface area contributed by atoms with Crippen molar-refractivity contribution in [1.82, 2.24) is 25.4 Å². The molecule has 0 saturated carbocycles. The average molecular weight is 256 g/mol. The Morgan fingerprint density at radius 1 is 1.29 bits per heavy atom. The maximum Gasteiger partial charge on any atom is 0.238 e. The first kappa shape index (κ1) is 12.1. The number of rotatable bonds is 2. The Morgan fingerprint density at radius 3 is 2.82 bits per heavy atom. The van der Waals surface area contributed by atoms with Gasteiger partial charge < -0.3 is 14.8 Å². The zero-order chi connectivity index (χ0) is 10.8. The van der Waals surface area contributed by atoms with Crippen molar-refractivity contribution >= 4 is 12.4 Å². The Balaban J connectivity index is 0.00000108. The van der Waals surface area contributed by atoms with Gasteiger partial charge in [0.15, 0.2) is 5.82 Å². The summed E-state index contributed by atoms with van der Waals surface area (Å²) in [4.78, 5) is 11.4. The van der Waals surface area contributed by atoms with E-state index in [0.717, 1.165) is 31.8 Å². The Hall–Kier alpha value is -1.40. The van der Waals surface area contributed by atoms with E-state index in [-0.39, 0.29) is 12.4 Å². The molecule has 0 amide bonds. The number of hydrogen-bond donors (Lipinski definition) is 2. The largest absolute Gasteiger partial charge is 0.342 e. The van der Waals surface area contributed by atoms with Crippen LogP contribution >= 0.6 is 12.4 Å². The number of halogens is 1. The molecule has 7 heteroatoms. The van der Waals surface area contributed by atoms with Crippen LogP contribution in [0.4, 0.5) is 0 Å². The second-order valence-corrected chi connectivity index (χ2v) is 3.92. The van der Waals surface area contributed by atoms with E-state index in [9.17, 15) is 0 Å². The van der Waals surface area contributed by atoms with Gasteiger partial charge in [-0.25, -0.2) is 4.98 Å². The summed E-state index contributed by atoms with van der Waals surface area (Å²) in [5, 5.41) is 7.24. The molecular formula is C10H14ClN5O. The fraction of sp³-hybridized carbons (Fsp3) is 0.500. The van der Waals surface area contributed by atoms with E-state index < -0.39 is 0 Å². The minimum absolute atomic E-state index is 0. The van der Waals surface area contributed by atoms with Gasteiger partial charge in [-0.3, -0.25) is 0 Å². The number of H-pyrrole nitrogens is 1. The van der Waals surface area contributed by atoms with Gasteiger partial charge in [-0.05, 0) is 25.9 Å². The van der Waals surface area contributed by atoms with Crippen LogP contribution in [0.1, 0.15) is 24.7 Å². The van der Waals surface area contributed by atoms with Crippen molar-refractivity contribution in [3.63, 3.8) is 0 Å². The van der Waals surface area contributed by atoms with E-state index >= 15 is 0 Å². The third-order valence-electron chi connectivity index (χ3n) is 2.84. The molecule has 1 fully saturated rings. The summed E-state index contributed by atoms with van der Waals surface area (Å²) in [6, 6.07) is 0. The second kappa shape index (κ2) is 5.29. The number of aromatic nitrogens is 4. The minimum atomic E-state index is 0. The molecule has 0 aromatic carbocycles. The predicted octanol–water partition coefficient (Wildman–Crippen LogP) is 1.35. The molecule has 0 unspecified atom stereocenters. The lowest BCUT2D eigenvalue weighted by atomic mass is 9.98. The molecule has 3 rings (SSSR count). The fourth-order valence-electron chi connectivity index (χ4n) is 1.95. The van der Waals surface area contributed by atoms with Crippen molar-refractivity contribution in [3.8, 4) is 11.6 Å². The van der Waals surface area contributed by atoms with Crippen LogP contribution in [0.5, 0.6) is 0 Å². The highest BCUT2D eigenvalue weighted by Crippen LogP contribution is 2.24.